The van der Waals surface area contributed by atoms with Crippen molar-refractivity contribution in [2.75, 3.05) is 6.61 Å². The fourth-order valence-corrected chi connectivity index (χ4v) is 2.75. The lowest BCUT2D eigenvalue weighted by molar-refractivity contribution is 0.145. The van der Waals surface area contributed by atoms with Crippen LogP contribution in [0.2, 0.25) is 0 Å². The number of amides is 1. The van der Waals surface area contributed by atoms with Gasteiger partial charge in [0.2, 0.25) is 0 Å². The molecule has 0 N–H and O–H groups in total. The summed E-state index contributed by atoms with van der Waals surface area (Å²) in [7, 11) is 0. The number of cyclic esters (lactones) is 1. The number of ether oxygens (including phenoxy) is 1. The lowest BCUT2D eigenvalue weighted by Gasteiger charge is -2.29. The molecule has 1 amide bonds. The summed E-state index contributed by atoms with van der Waals surface area (Å²) in [6, 6.07) is 0.626. The van der Waals surface area contributed by atoms with Crippen LogP contribution in [-0.4, -0.2) is 29.7 Å². The number of hydrogen-bond donors (Lipinski definition) is 0. The minimum Gasteiger partial charge on any atom is -0.447 e. The Hall–Kier alpha value is -0.730. The van der Waals surface area contributed by atoms with Gasteiger partial charge in [-0.25, -0.2) is 4.79 Å². The van der Waals surface area contributed by atoms with E-state index in [4.69, 9.17) is 4.74 Å². The molecule has 0 aromatic rings. The Kier molecular flexibility index (Phi) is 2.66. The quantitative estimate of drug-likeness (QED) is 0.680. The molecule has 0 aromatic carbocycles. The number of carbonyl (C=O) groups excluding carboxylic acids is 1. The number of rotatable bonds is 2. The van der Waals surface area contributed by atoms with Crippen molar-refractivity contribution in [3.63, 3.8) is 0 Å². The van der Waals surface area contributed by atoms with Gasteiger partial charge in [-0.05, 0) is 32.6 Å². The predicted octanol–water partition coefficient (Wildman–Crippen LogP) is 2.41. The zero-order valence-corrected chi connectivity index (χ0v) is 9.03. The van der Waals surface area contributed by atoms with Crippen LogP contribution in [0.25, 0.3) is 0 Å². The first kappa shape index (κ1) is 9.81. The molecule has 2 aliphatic rings. The van der Waals surface area contributed by atoms with E-state index < -0.39 is 0 Å². The summed E-state index contributed by atoms with van der Waals surface area (Å²) in [4.78, 5) is 13.4. The molecule has 2 fully saturated rings. The maximum Gasteiger partial charge on any atom is 0.410 e. The largest absolute Gasteiger partial charge is 0.447 e. The lowest BCUT2D eigenvalue weighted by Crippen LogP contribution is -2.42. The predicted molar refractivity (Wildman–Crippen MR) is 54.1 cm³/mol. The van der Waals surface area contributed by atoms with Crippen LogP contribution in [-0.2, 0) is 4.74 Å². The Morgan fingerprint density at radius 1 is 1.36 bits per heavy atom. The molecule has 1 atom stereocenters. The molecule has 1 unspecified atom stereocenters. The zero-order chi connectivity index (χ0) is 10.1. The van der Waals surface area contributed by atoms with Crippen LogP contribution in [0.5, 0.6) is 0 Å². The maximum atomic E-state index is 11.5. The molecule has 1 saturated carbocycles. The van der Waals surface area contributed by atoms with Crippen molar-refractivity contribution in [3.05, 3.63) is 0 Å². The molecule has 0 aromatic heterocycles. The monoisotopic (exact) mass is 197 g/mol. The molecule has 1 aliphatic heterocycles. The van der Waals surface area contributed by atoms with Gasteiger partial charge in [-0.2, -0.15) is 0 Å². The molecule has 14 heavy (non-hydrogen) atoms. The van der Waals surface area contributed by atoms with Crippen LogP contribution in [0, 0.1) is 5.92 Å². The van der Waals surface area contributed by atoms with Crippen LogP contribution in [0.1, 0.15) is 39.5 Å². The molecule has 0 radical (unpaired) electrons. The van der Waals surface area contributed by atoms with E-state index in [2.05, 4.69) is 13.8 Å². The van der Waals surface area contributed by atoms with Crippen LogP contribution in [0.4, 0.5) is 4.79 Å². The molecular formula is C11H19NO2. The second kappa shape index (κ2) is 3.79. The second-order valence-electron chi connectivity index (χ2n) is 4.69. The van der Waals surface area contributed by atoms with Crippen LogP contribution in [0.3, 0.4) is 0 Å². The SMILES string of the molecule is CC(C)N1C(=O)OCC1C1CCCC1. The summed E-state index contributed by atoms with van der Waals surface area (Å²) < 4.78 is 5.14. The topological polar surface area (TPSA) is 29.5 Å². The highest BCUT2D eigenvalue weighted by Crippen LogP contribution is 2.33. The fraction of sp³-hybridized carbons (Fsp3) is 0.909. The summed E-state index contributed by atoms with van der Waals surface area (Å²) >= 11 is 0. The minimum atomic E-state index is -0.114. The van der Waals surface area contributed by atoms with Gasteiger partial charge in [0.15, 0.2) is 0 Å². The van der Waals surface area contributed by atoms with Crippen molar-refractivity contribution in [3.8, 4) is 0 Å². The number of nitrogens with zero attached hydrogens (tertiary/aromatic N) is 1. The Morgan fingerprint density at radius 3 is 2.57 bits per heavy atom. The van der Waals surface area contributed by atoms with E-state index >= 15 is 0 Å². The average molecular weight is 197 g/mol. The maximum absolute atomic E-state index is 11.5. The highest BCUT2D eigenvalue weighted by molar-refractivity contribution is 5.70. The Bertz CT molecular complexity index is 221. The van der Waals surface area contributed by atoms with Crippen molar-refractivity contribution < 1.29 is 9.53 Å². The zero-order valence-electron chi connectivity index (χ0n) is 9.03. The Balaban J connectivity index is 2.06. The van der Waals surface area contributed by atoms with Gasteiger partial charge in [0.25, 0.3) is 0 Å². The van der Waals surface area contributed by atoms with Crippen LogP contribution < -0.4 is 0 Å². The summed E-state index contributed by atoms with van der Waals surface area (Å²) in [5, 5.41) is 0. The van der Waals surface area contributed by atoms with Gasteiger partial charge in [0.1, 0.15) is 6.61 Å². The number of hydrogen-bond acceptors (Lipinski definition) is 2. The van der Waals surface area contributed by atoms with Crippen molar-refractivity contribution in [1.29, 1.82) is 0 Å². The molecule has 0 bridgehead atoms. The normalized spacial score (nSPS) is 28.9. The first-order valence-electron chi connectivity index (χ1n) is 5.65. The van der Waals surface area contributed by atoms with E-state index in [9.17, 15) is 4.79 Å². The molecule has 80 valence electrons. The first-order valence-corrected chi connectivity index (χ1v) is 5.65. The Morgan fingerprint density at radius 2 is 2.00 bits per heavy atom. The molecule has 1 aliphatic carbocycles. The van der Waals surface area contributed by atoms with E-state index in [0.29, 0.717) is 18.6 Å². The summed E-state index contributed by atoms with van der Waals surface area (Å²) in [6.07, 6.45) is 5.06. The average Bonchev–Trinajstić information content (AvgIpc) is 2.70. The standard InChI is InChI=1S/C11H19NO2/c1-8(2)12-10(7-14-11(12)13)9-5-3-4-6-9/h8-10H,3-7H2,1-2H3. The smallest absolute Gasteiger partial charge is 0.410 e. The van der Waals surface area contributed by atoms with Crippen LogP contribution in [0.15, 0.2) is 0 Å². The van der Waals surface area contributed by atoms with Gasteiger partial charge in [-0.15, -0.1) is 0 Å². The molecule has 1 saturated heterocycles. The first-order chi connectivity index (χ1) is 6.70. The van der Waals surface area contributed by atoms with E-state index in [0.717, 1.165) is 0 Å². The molecular weight excluding hydrogens is 178 g/mol. The lowest BCUT2D eigenvalue weighted by atomic mass is 9.97. The van der Waals surface area contributed by atoms with E-state index in [1.165, 1.54) is 25.7 Å². The van der Waals surface area contributed by atoms with Crippen molar-refractivity contribution in [2.45, 2.75) is 51.6 Å². The van der Waals surface area contributed by atoms with Gasteiger partial charge in [-0.1, -0.05) is 12.8 Å². The molecule has 3 nitrogen and oxygen atoms in total. The summed E-state index contributed by atoms with van der Waals surface area (Å²) in [6.45, 7) is 4.74. The second-order valence-corrected chi connectivity index (χ2v) is 4.69. The van der Waals surface area contributed by atoms with E-state index in [1.54, 1.807) is 0 Å². The Labute approximate surface area is 85.4 Å². The third kappa shape index (κ3) is 1.60. The van der Waals surface area contributed by atoms with Crippen molar-refractivity contribution in [1.82, 2.24) is 4.90 Å². The fourth-order valence-electron chi connectivity index (χ4n) is 2.75. The van der Waals surface area contributed by atoms with Crippen molar-refractivity contribution in [2.24, 2.45) is 5.92 Å². The van der Waals surface area contributed by atoms with Crippen molar-refractivity contribution >= 4 is 6.09 Å². The highest BCUT2D eigenvalue weighted by Gasteiger charge is 2.40. The molecule has 2 rings (SSSR count). The molecule has 0 spiro atoms. The third-order valence-electron chi connectivity index (χ3n) is 3.45. The van der Waals surface area contributed by atoms with Gasteiger partial charge >= 0.3 is 6.09 Å². The van der Waals surface area contributed by atoms with Gasteiger partial charge in [0.05, 0.1) is 6.04 Å². The summed E-state index contributed by atoms with van der Waals surface area (Å²) in [5.74, 6) is 0.684. The summed E-state index contributed by atoms with van der Waals surface area (Å²) in [5.41, 5.74) is 0. The van der Waals surface area contributed by atoms with Gasteiger partial charge < -0.3 is 4.74 Å². The molecule has 3 heteroatoms. The van der Waals surface area contributed by atoms with E-state index in [-0.39, 0.29) is 12.1 Å². The van der Waals surface area contributed by atoms with E-state index in [1.807, 2.05) is 4.90 Å². The van der Waals surface area contributed by atoms with Gasteiger partial charge in [-0.3, -0.25) is 4.90 Å². The van der Waals surface area contributed by atoms with Crippen LogP contribution >= 0.6 is 0 Å². The minimum absolute atomic E-state index is 0.114. The van der Waals surface area contributed by atoms with Gasteiger partial charge in [0, 0.05) is 6.04 Å². The molecule has 1 heterocycles. The third-order valence-corrected chi connectivity index (χ3v) is 3.45. The number of carbonyl (C=O) groups is 1. The highest BCUT2D eigenvalue weighted by atomic mass is 16.6.